The minimum atomic E-state index is -1.44. The summed E-state index contributed by atoms with van der Waals surface area (Å²) in [6.07, 6.45) is 0.812. The van der Waals surface area contributed by atoms with E-state index < -0.39 is 25.4 Å². The third-order valence-electron chi connectivity index (χ3n) is 6.00. The standard InChI is InChI=1S/C26H39BrO6Si/c1-18(2)19(3)11-12-26(17-31-4,25(30)33-13-14-34(6,7)8)23(28)16-21-15-20(24(29)32-5)9-10-22(21)27/h9-10,15H,11-14,16-17H2,1-8H3/t26-/m1/s1. The van der Waals surface area contributed by atoms with Crippen molar-refractivity contribution < 1.29 is 28.6 Å². The van der Waals surface area contributed by atoms with Gasteiger partial charge in [-0.05, 0) is 63.4 Å². The van der Waals surface area contributed by atoms with Crippen molar-refractivity contribution in [2.75, 3.05) is 27.4 Å². The van der Waals surface area contributed by atoms with E-state index in [9.17, 15) is 14.4 Å². The number of benzene rings is 1. The quantitative estimate of drug-likeness (QED) is 0.129. The molecule has 0 N–H and O–H groups in total. The summed E-state index contributed by atoms with van der Waals surface area (Å²) in [6.45, 7) is 12.9. The molecule has 1 rings (SSSR count). The summed E-state index contributed by atoms with van der Waals surface area (Å²) in [5.41, 5.74) is 1.77. The molecule has 0 saturated heterocycles. The van der Waals surface area contributed by atoms with Crippen LogP contribution < -0.4 is 0 Å². The highest BCUT2D eigenvalue weighted by atomic mass is 79.9. The molecule has 34 heavy (non-hydrogen) atoms. The van der Waals surface area contributed by atoms with Gasteiger partial charge < -0.3 is 14.2 Å². The molecule has 6 nitrogen and oxygen atoms in total. The van der Waals surface area contributed by atoms with Gasteiger partial charge in [0.05, 0.1) is 25.9 Å². The first-order chi connectivity index (χ1) is 15.8. The molecule has 0 aliphatic heterocycles. The Kier molecular flexibility index (Phi) is 11.9. The maximum Gasteiger partial charge on any atom is 0.337 e. The Bertz CT molecular complexity index is 914. The van der Waals surface area contributed by atoms with Crippen LogP contribution in [0.25, 0.3) is 0 Å². The molecule has 0 heterocycles. The maximum atomic E-state index is 13.8. The summed E-state index contributed by atoms with van der Waals surface area (Å²) in [7, 11) is 1.37. The second-order valence-corrected chi connectivity index (χ2v) is 16.6. The van der Waals surface area contributed by atoms with E-state index in [0.29, 0.717) is 22.0 Å². The van der Waals surface area contributed by atoms with Gasteiger partial charge in [0.2, 0.25) is 0 Å². The lowest BCUT2D eigenvalue weighted by Gasteiger charge is -2.30. The molecule has 1 aromatic rings. The van der Waals surface area contributed by atoms with E-state index in [1.807, 2.05) is 20.8 Å². The number of allylic oxidation sites excluding steroid dienone is 2. The van der Waals surface area contributed by atoms with Crippen LogP contribution in [0.5, 0.6) is 0 Å². The number of halogens is 1. The highest BCUT2D eigenvalue weighted by Gasteiger charge is 2.47. The number of carbonyl (C=O) groups excluding carboxylic acids is 3. The Morgan fingerprint density at radius 2 is 1.71 bits per heavy atom. The van der Waals surface area contributed by atoms with Gasteiger partial charge in [-0.2, -0.15) is 0 Å². The van der Waals surface area contributed by atoms with Crippen LogP contribution in [0.3, 0.4) is 0 Å². The molecule has 0 aliphatic carbocycles. The minimum Gasteiger partial charge on any atom is -0.465 e. The number of esters is 2. The normalized spacial score (nSPS) is 13.1. The number of methoxy groups -OCH3 is 2. The van der Waals surface area contributed by atoms with Crippen LogP contribution in [-0.4, -0.2) is 53.2 Å². The van der Waals surface area contributed by atoms with E-state index in [1.165, 1.54) is 14.2 Å². The van der Waals surface area contributed by atoms with Gasteiger partial charge in [-0.25, -0.2) is 4.79 Å². The predicted octanol–water partition coefficient (Wildman–Crippen LogP) is 6.00. The molecule has 0 radical (unpaired) electrons. The van der Waals surface area contributed by atoms with Gasteiger partial charge in [-0.3, -0.25) is 9.59 Å². The first kappa shape index (κ1) is 30.3. The number of ketones is 1. The molecule has 190 valence electrons. The Hall–Kier alpha value is -1.77. The topological polar surface area (TPSA) is 78.9 Å². The molecule has 1 atom stereocenters. The van der Waals surface area contributed by atoms with E-state index in [0.717, 1.165) is 17.2 Å². The van der Waals surface area contributed by atoms with Crippen molar-refractivity contribution in [3.8, 4) is 0 Å². The van der Waals surface area contributed by atoms with Crippen LogP contribution in [0.2, 0.25) is 25.7 Å². The van der Waals surface area contributed by atoms with E-state index in [4.69, 9.17) is 14.2 Å². The fraction of sp³-hybridized carbons (Fsp3) is 0.577. The summed E-state index contributed by atoms with van der Waals surface area (Å²) in [5.74, 6) is -1.33. The SMILES string of the molecule is COC[C@](CCC(C)=C(C)C)(C(=O)Cc1cc(C(=O)OC)ccc1Br)C(=O)OCC[Si](C)(C)C. The Morgan fingerprint density at radius 3 is 2.24 bits per heavy atom. The number of ether oxygens (including phenoxy) is 3. The second kappa shape index (κ2) is 13.4. The third-order valence-corrected chi connectivity index (χ3v) is 8.48. The molecule has 0 saturated carbocycles. The molecule has 0 aliphatic rings. The van der Waals surface area contributed by atoms with Crippen LogP contribution in [-0.2, 0) is 30.2 Å². The average Bonchev–Trinajstić information content (AvgIpc) is 2.76. The molecule has 0 aromatic heterocycles. The van der Waals surface area contributed by atoms with E-state index in [1.54, 1.807) is 18.2 Å². The summed E-state index contributed by atoms with van der Waals surface area (Å²) in [5, 5.41) is 0. The molecule has 8 heteroatoms. The zero-order valence-electron chi connectivity index (χ0n) is 21.8. The summed E-state index contributed by atoms with van der Waals surface area (Å²) in [6, 6.07) is 5.75. The lowest BCUT2D eigenvalue weighted by molar-refractivity contribution is -0.164. The predicted molar refractivity (Wildman–Crippen MR) is 141 cm³/mol. The molecule has 0 spiro atoms. The largest absolute Gasteiger partial charge is 0.465 e. The first-order valence-electron chi connectivity index (χ1n) is 11.5. The molecule has 0 unspecified atom stereocenters. The van der Waals surface area contributed by atoms with Crippen molar-refractivity contribution in [2.45, 2.75) is 65.7 Å². The van der Waals surface area contributed by atoms with Crippen molar-refractivity contribution in [1.82, 2.24) is 0 Å². The van der Waals surface area contributed by atoms with Crippen molar-refractivity contribution in [3.05, 3.63) is 44.9 Å². The van der Waals surface area contributed by atoms with Gasteiger partial charge in [0.15, 0.2) is 5.78 Å². The minimum absolute atomic E-state index is 0.0498. The Morgan fingerprint density at radius 1 is 1.06 bits per heavy atom. The van der Waals surface area contributed by atoms with Crippen molar-refractivity contribution in [1.29, 1.82) is 0 Å². The van der Waals surface area contributed by atoms with Gasteiger partial charge in [0.1, 0.15) is 5.41 Å². The van der Waals surface area contributed by atoms with Crippen LogP contribution in [0.4, 0.5) is 0 Å². The zero-order valence-corrected chi connectivity index (χ0v) is 24.4. The molecule has 1 aromatic carbocycles. The van der Waals surface area contributed by atoms with Gasteiger partial charge >= 0.3 is 11.9 Å². The number of carbonyl (C=O) groups is 3. The third kappa shape index (κ3) is 8.78. The number of rotatable bonds is 13. The molecular formula is C26H39BrO6Si. The lowest BCUT2D eigenvalue weighted by atomic mass is 9.76. The van der Waals surface area contributed by atoms with E-state index >= 15 is 0 Å². The fourth-order valence-electron chi connectivity index (χ4n) is 3.35. The summed E-state index contributed by atoms with van der Waals surface area (Å²) >= 11 is 3.46. The van der Waals surface area contributed by atoms with Crippen LogP contribution in [0, 0.1) is 5.41 Å². The van der Waals surface area contributed by atoms with Crippen LogP contribution in [0.1, 0.15) is 49.5 Å². The average molecular weight is 556 g/mol. The first-order valence-corrected chi connectivity index (χ1v) is 16.0. The van der Waals surface area contributed by atoms with Crippen LogP contribution >= 0.6 is 15.9 Å². The monoisotopic (exact) mass is 554 g/mol. The number of hydrogen-bond donors (Lipinski definition) is 0. The lowest BCUT2D eigenvalue weighted by Crippen LogP contribution is -2.46. The van der Waals surface area contributed by atoms with Crippen LogP contribution in [0.15, 0.2) is 33.8 Å². The van der Waals surface area contributed by atoms with Gasteiger partial charge in [-0.1, -0.05) is 46.7 Å². The maximum absolute atomic E-state index is 13.8. The van der Waals surface area contributed by atoms with Crippen molar-refractivity contribution in [3.63, 3.8) is 0 Å². The zero-order chi connectivity index (χ0) is 26.1. The van der Waals surface area contributed by atoms with E-state index in [2.05, 4.69) is 35.6 Å². The Balaban J connectivity index is 3.35. The second-order valence-electron chi connectivity index (χ2n) is 10.1. The highest BCUT2D eigenvalue weighted by molar-refractivity contribution is 9.10. The van der Waals surface area contributed by atoms with Crippen molar-refractivity contribution in [2.24, 2.45) is 5.41 Å². The molecule has 0 amide bonds. The van der Waals surface area contributed by atoms with Gasteiger partial charge in [-0.15, -0.1) is 0 Å². The van der Waals surface area contributed by atoms with Gasteiger partial charge in [0, 0.05) is 26.1 Å². The summed E-state index contributed by atoms with van der Waals surface area (Å²) < 4.78 is 16.6. The highest BCUT2D eigenvalue weighted by Crippen LogP contribution is 2.33. The molecular weight excluding hydrogens is 516 g/mol. The van der Waals surface area contributed by atoms with E-state index in [-0.39, 0.29) is 31.8 Å². The molecule has 0 fully saturated rings. The van der Waals surface area contributed by atoms with Gasteiger partial charge in [0.25, 0.3) is 0 Å². The summed E-state index contributed by atoms with van der Waals surface area (Å²) in [4.78, 5) is 39.2. The smallest absolute Gasteiger partial charge is 0.337 e. The fourth-order valence-corrected chi connectivity index (χ4v) is 4.45. The van der Waals surface area contributed by atoms with Crippen molar-refractivity contribution >= 4 is 41.7 Å². The molecule has 0 bridgehead atoms. The Labute approximate surface area is 213 Å². The number of hydrogen-bond acceptors (Lipinski definition) is 6. The number of Topliss-reactive ketones (excluding diaryl/α,β-unsaturated/α-hetero) is 1.